The minimum absolute atomic E-state index is 0.296. The zero-order valence-electron chi connectivity index (χ0n) is 7.79. The summed E-state index contributed by atoms with van der Waals surface area (Å²) in [6.45, 7) is 0.336. The van der Waals surface area contributed by atoms with E-state index in [2.05, 4.69) is 5.32 Å². The lowest BCUT2D eigenvalue weighted by atomic mass is 10.2. The molecule has 0 aromatic heterocycles. The van der Waals surface area contributed by atoms with Gasteiger partial charge in [-0.2, -0.15) is 0 Å². The van der Waals surface area contributed by atoms with Crippen molar-refractivity contribution in [2.24, 2.45) is 0 Å². The van der Waals surface area contributed by atoms with Crippen molar-refractivity contribution in [2.75, 3.05) is 5.32 Å². The van der Waals surface area contributed by atoms with Crippen molar-refractivity contribution in [1.29, 1.82) is 0 Å². The maximum absolute atomic E-state index is 12.8. The van der Waals surface area contributed by atoms with E-state index >= 15 is 0 Å². The molecule has 1 N–H and O–H groups in total. The fraction of sp³-hybridized carbons (Fsp3) is 0.0909. The molecule has 2 rings (SSSR count). The van der Waals surface area contributed by atoms with E-state index in [1.807, 2.05) is 0 Å². The van der Waals surface area contributed by atoms with Crippen LogP contribution in [0.3, 0.4) is 0 Å². The SMILES string of the molecule is O=c1cc(NCc2cccc(F)c2)c1=O. The zero-order valence-corrected chi connectivity index (χ0v) is 7.79. The van der Waals surface area contributed by atoms with Crippen molar-refractivity contribution in [3.05, 3.63) is 62.2 Å². The van der Waals surface area contributed by atoms with E-state index in [0.29, 0.717) is 12.2 Å². The minimum Gasteiger partial charge on any atom is -0.378 e. The highest BCUT2D eigenvalue weighted by Crippen LogP contribution is 2.05. The Morgan fingerprint density at radius 1 is 1.20 bits per heavy atom. The van der Waals surface area contributed by atoms with Gasteiger partial charge < -0.3 is 5.32 Å². The van der Waals surface area contributed by atoms with Gasteiger partial charge in [0.1, 0.15) is 5.82 Å². The van der Waals surface area contributed by atoms with Gasteiger partial charge in [0.2, 0.25) is 10.9 Å². The van der Waals surface area contributed by atoms with E-state index in [0.717, 1.165) is 5.56 Å². The molecule has 2 aromatic carbocycles. The maximum atomic E-state index is 12.8. The molecule has 0 heterocycles. The largest absolute Gasteiger partial charge is 0.378 e. The molecule has 0 aliphatic rings. The molecule has 4 heteroatoms. The summed E-state index contributed by atoms with van der Waals surface area (Å²) < 4.78 is 12.8. The molecule has 0 radical (unpaired) electrons. The average Bonchev–Trinajstić information content (AvgIpc) is 2.23. The van der Waals surface area contributed by atoms with E-state index in [1.54, 1.807) is 12.1 Å². The number of rotatable bonds is 3. The lowest BCUT2D eigenvalue weighted by Crippen LogP contribution is -2.32. The van der Waals surface area contributed by atoms with Gasteiger partial charge in [0, 0.05) is 12.6 Å². The Balaban J connectivity index is 2.03. The second kappa shape index (κ2) is 3.65. The molecule has 0 saturated heterocycles. The van der Waals surface area contributed by atoms with Crippen LogP contribution in [-0.4, -0.2) is 0 Å². The van der Waals surface area contributed by atoms with Crippen LogP contribution in [0.25, 0.3) is 0 Å². The van der Waals surface area contributed by atoms with E-state index in [4.69, 9.17) is 0 Å². The molecule has 0 spiro atoms. The van der Waals surface area contributed by atoms with Gasteiger partial charge in [-0.15, -0.1) is 0 Å². The standard InChI is InChI=1S/C11H8FNO2/c12-8-3-1-2-7(4-8)6-13-9-5-10(14)11(9)15/h1-5,13H,6H2. The first-order chi connectivity index (χ1) is 7.16. The van der Waals surface area contributed by atoms with Crippen molar-refractivity contribution in [2.45, 2.75) is 6.54 Å². The fourth-order valence-corrected chi connectivity index (χ4v) is 1.29. The average molecular weight is 205 g/mol. The minimum atomic E-state index is -0.508. The number of hydrogen-bond acceptors (Lipinski definition) is 3. The molecule has 0 amide bonds. The van der Waals surface area contributed by atoms with Crippen LogP contribution < -0.4 is 16.2 Å². The third-order valence-corrected chi connectivity index (χ3v) is 2.12. The molecule has 0 aliphatic carbocycles. The summed E-state index contributed by atoms with van der Waals surface area (Å²) in [4.78, 5) is 21.5. The molecule has 76 valence electrons. The molecular formula is C11H8FNO2. The Bertz CT molecular complexity index is 555. The molecule has 0 bridgehead atoms. The predicted octanol–water partition coefficient (Wildman–Crippen LogP) is 1.03. The molecule has 0 aliphatic heterocycles. The lowest BCUT2D eigenvalue weighted by Gasteiger charge is -2.06. The predicted molar refractivity (Wildman–Crippen MR) is 55.1 cm³/mol. The third-order valence-electron chi connectivity index (χ3n) is 2.12. The number of halogens is 1. The van der Waals surface area contributed by atoms with Crippen LogP contribution in [0.15, 0.2) is 39.9 Å². The summed E-state index contributed by atoms with van der Waals surface area (Å²) in [6, 6.07) is 7.29. The summed E-state index contributed by atoms with van der Waals surface area (Å²) in [7, 11) is 0. The molecular weight excluding hydrogens is 197 g/mol. The van der Waals surface area contributed by atoms with Gasteiger partial charge in [0.25, 0.3) is 0 Å². The quantitative estimate of drug-likeness (QED) is 0.761. The Hall–Kier alpha value is -1.97. The van der Waals surface area contributed by atoms with Crippen LogP contribution in [0.2, 0.25) is 0 Å². The molecule has 0 atom stereocenters. The Labute approximate surface area is 84.9 Å². The summed E-state index contributed by atoms with van der Waals surface area (Å²) in [5, 5.41) is 2.77. The molecule has 2 aromatic rings. The normalized spacial score (nSPS) is 10.5. The summed E-state index contributed by atoms with van der Waals surface area (Å²) in [5.41, 5.74) is 0.0236. The third kappa shape index (κ3) is 1.93. The Kier molecular flexibility index (Phi) is 2.33. The monoisotopic (exact) mass is 205 g/mol. The van der Waals surface area contributed by atoms with E-state index in [9.17, 15) is 14.0 Å². The van der Waals surface area contributed by atoms with Crippen molar-refractivity contribution in [1.82, 2.24) is 0 Å². The second-order valence-electron chi connectivity index (χ2n) is 3.23. The van der Waals surface area contributed by atoms with Crippen LogP contribution in [0.5, 0.6) is 0 Å². The van der Waals surface area contributed by atoms with E-state index in [1.165, 1.54) is 18.2 Å². The Morgan fingerprint density at radius 2 is 2.00 bits per heavy atom. The molecule has 0 saturated carbocycles. The van der Waals surface area contributed by atoms with Gasteiger partial charge in [-0.05, 0) is 17.7 Å². The summed E-state index contributed by atoms with van der Waals surface area (Å²) >= 11 is 0. The summed E-state index contributed by atoms with van der Waals surface area (Å²) in [6.07, 6.45) is 0. The highest BCUT2D eigenvalue weighted by atomic mass is 19.1. The van der Waals surface area contributed by atoms with Gasteiger partial charge in [-0.1, -0.05) is 12.1 Å². The second-order valence-corrected chi connectivity index (χ2v) is 3.23. The number of nitrogens with one attached hydrogen (secondary N) is 1. The Morgan fingerprint density at radius 3 is 2.60 bits per heavy atom. The molecule has 0 fully saturated rings. The van der Waals surface area contributed by atoms with Gasteiger partial charge in [-0.25, -0.2) is 4.39 Å². The summed E-state index contributed by atoms with van der Waals surface area (Å²) in [5.74, 6) is -0.320. The van der Waals surface area contributed by atoms with E-state index < -0.39 is 10.9 Å². The van der Waals surface area contributed by atoms with Gasteiger partial charge in [-0.3, -0.25) is 9.59 Å². The fourth-order valence-electron chi connectivity index (χ4n) is 1.29. The molecule has 15 heavy (non-hydrogen) atoms. The van der Waals surface area contributed by atoms with Gasteiger partial charge in [0.05, 0.1) is 5.69 Å². The smallest absolute Gasteiger partial charge is 0.248 e. The highest BCUT2D eigenvalue weighted by molar-refractivity contribution is 5.47. The maximum Gasteiger partial charge on any atom is 0.248 e. The van der Waals surface area contributed by atoms with Gasteiger partial charge in [0.15, 0.2) is 0 Å². The van der Waals surface area contributed by atoms with Crippen LogP contribution in [0.4, 0.5) is 10.1 Å². The molecule has 0 unspecified atom stereocenters. The number of anilines is 1. The first kappa shape index (κ1) is 9.58. The van der Waals surface area contributed by atoms with Crippen LogP contribution in [0, 0.1) is 5.82 Å². The topological polar surface area (TPSA) is 46.2 Å². The number of benzene rings is 1. The van der Waals surface area contributed by atoms with Crippen LogP contribution >= 0.6 is 0 Å². The first-order valence-electron chi connectivity index (χ1n) is 4.45. The lowest BCUT2D eigenvalue weighted by molar-refractivity contribution is 0.626. The van der Waals surface area contributed by atoms with Crippen molar-refractivity contribution in [3.8, 4) is 0 Å². The van der Waals surface area contributed by atoms with Gasteiger partial charge >= 0.3 is 0 Å². The zero-order chi connectivity index (χ0) is 10.8. The number of hydrogen-bond donors (Lipinski definition) is 1. The van der Waals surface area contributed by atoms with Crippen molar-refractivity contribution in [3.63, 3.8) is 0 Å². The van der Waals surface area contributed by atoms with Crippen LogP contribution in [-0.2, 0) is 6.54 Å². The van der Waals surface area contributed by atoms with Crippen molar-refractivity contribution >= 4 is 5.69 Å². The van der Waals surface area contributed by atoms with Crippen molar-refractivity contribution < 1.29 is 4.39 Å². The molecule has 3 nitrogen and oxygen atoms in total. The van der Waals surface area contributed by atoms with Crippen LogP contribution in [0.1, 0.15) is 5.56 Å². The highest BCUT2D eigenvalue weighted by Gasteiger charge is 2.08. The van der Waals surface area contributed by atoms with E-state index in [-0.39, 0.29) is 5.82 Å². The first-order valence-corrected chi connectivity index (χ1v) is 4.45.